The van der Waals surface area contributed by atoms with E-state index in [1.165, 1.54) is 0 Å². The van der Waals surface area contributed by atoms with E-state index in [9.17, 15) is 4.79 Å². The molecule has 1 aromatic heterocycles. The molecule has 0 amide bonds. The summed E-state index contributed by atoms with van der Waals surface area (Å²) in [5, 5.41) is 4.16. The summed E-state index contributed by atoms with van der Waals surface area (Å²) in [5.41, 5.74) is 3.81. The lowest BCUT2D eigenvalue weighted by Gasteiger charge is -2.02. The minimum absolute atomic E-state index is 0.00438. The van der Waals surface area contributed by atoms with Crippen LogP contribution in [0.15, 0.2) is 73.1 Å². The topological polar surface area (TPSA) is 34.9 Å². The van der Waals surface area contributed by atoms with E-state index in [1.54, 1.807) is 17.0 Å². The quantitative estimate of drug-likeness (QED) is 0.535. The molecule has 0 fully saturated rings. The fourth-order valence-corrected chi connectivity index (χ4v) is 2.24. The van der Waals surface area contributed by atoms with Crippen LogP contribution in [0.3, 0.4) is 0 Å². The molecule has 0 atom stereocenters. The molecule has 0 saturated carbocycles. The second-order valence-electron chi connectivity index (χ2n) is 5.05. The number of benzene rings is 2. The van der Waals surface area contributed by atoms with Crippen LogP contribution in [-0.2, 0) is 0 Å². The number of carbonyl (C=O) groups is 1. The van der Waals surface area contributed by atoms with Crippen LogP contribution in [0.4, 0.5) is 0 Å². The van der Waals surface area contributed by atoms with Crippen molar-refractivity contribution in [3.05, 3.63) is 89.8 Å². The number of hydrogen-bond donors (Lipinski definition) is 0. The smallest absolute Gasteiger partial charge is 0.185 e. The van der Waals surface area contributed by atoms with Crippen LogP contribution >= 0.6 is 0 Å². The van der Waals surface area contributed by atoms with E-state index in [4.69, 9.17) is 0 Å². The summed E-state index contributed by atoms with van der Waals surface area (Å²) in [5.74, 6) is -0.00438. The van der Waals surface area contributed by atoms with E-state index < -0.39 is 0 Å². The van der Waals surface area contributed by atoms with Gasteiger partial charge in [0, 0.05) is 18.0 Å². The van der Waals surface area contributed by atoms with Crippen molar-refractivity contribution in [2.75, 3.05) is 0 Å². The molecule has 0 spiro atoms. The van der Waals surface area contributed by atoms with Crippen molar-refractivity contribution in [1.82, 2.24) is 9.78 Å². The lowest BCUT2D eigenvalue weighted by molar-refractivity contribution is 0.104. The molecule has 0 radical (unpaired) electrons. The molecule has 2 aromatic carbocycles. The molecule has 0 aliphatic rings. The van der Waals surface area contributed by atoms with Gasteiger partial charge in [-0.2, -0.15) is 5.10 Å². The first-order chi connectivity index (χ1) is 10.7. The Bertz CT molecular complexity index is 800. The van der Waals surface area contributed by atoms with Crippen molar-refractivity contribution in [2.24, 2.45) is 0 Å². The first-order valence-corrected chi connectivity index (χ1v) is 7.12. The Morgan fingerprint density at radius 1 is 1.05 bits per heavy atom. The lowest BCUT2D eigenvalue weighted by atomic mass is 10.1. The van der Waals surface area contributed by atoms with Gasteiger partial charge >= 0.3 is 0 Å². The molecule has 1 heterocycles. The number of rotatable bonds is 4. The van der Waals surface area contributed by atoms with Gasteiger partial charge in [0.2, 0.25) is 0 Å². The Labute approximate surface area is 129 Å². The summed E-state index contributed by atoms with van der Waals surface area (Å²) >= 11 is 0. The molecular weight excluding hydrogens is 272 g/mol. The average molecular weight is 288 g/mol. The van der Waals surface area contributed by atoms with E-state index in [1.807, 2.05) is 73.8 Å². The second-order valence-corrected chi connectivity index (χ2v) is 5.05. The van der Waals surface area contributed by atoms with Crippen LogP contribution < -0.4 is 0 Å². The Balaban J connectivity index is 1.77. The average Bonchev–Trinajstić information content (AvgIpc) is 3.08. The zero-order chi connectivity index (χ0) is 15.4. The molecule has 0 N–H and O–H groups in total. The Kier molecular flexibility index (Phi) is 3.97. The number of carbonyl (C=O) groups excluding carboxylic acids is 1. The van der Waals surface area contributed by atoms with Crippen LogP contribution in [0.5, 0.6) is 0 Å². The van der Waals surface area contributed by atoms with Gasteiger partial charge in [0.25, 0.3) is 0 Å². The summed E-state index contributed by atoms with van der Waals surface area (Å²) in [7, 11) is 0. The minimum Gasteiger partial charge on any atom is -0.289 e. The molecule has 22 heavy (non-hydrogen) atoms. The van der Waals surface area contributed by atoms with Gasteiger partial charge in [-0.05, 0) is 54.5 Å². The SMILES string of the molecule is Cc1ccccc1C=CC(=O)c1ccc(-n2cccn2)cc1. The van der Waals surface area contributed by atoms with Gasteiger partial charge in [-0.1, -0.05) is 30.3 Å². The van der Waals surface area contributed by atoms with Gasteiger partial charge in [0.15, 0.2) is 5.78 Å². The van der Waals surface area contributed by atoms with Gasteiger partial charge in [0.1, 0.15) is 0 Å². The molecule has 3 nitrogen and oxygen atoms in total. The fraction of sp³-hybridized carbons (Fsp3) is 0.0526. The highest BCUT2D eigenvalue weighted by molar-refractivity contribution is 6.06. The van der Waals surface area contributed by atoms with E-state index in [0.29, 0.717) is 5.56 Å². The van der Waals surface area contributed by atoms with Crippen LogP contribution in [0.2, 0.25) is 0 Å². The van der Waals surface area contributed by atoms with Crippen molar-refractivity contribution in [3.8, 4) is 5.69 Å². The van der Waals surface area contributed by atoms with E-state index >= 15 is 0 Å². The van der Waals surface area contributed by atoms with Gasteiger partial charge in [-0.15, -0.1) is 0 Å². The number of aromatic nitrogens is 2. The summed E-state index contributed by atoms with van der Waals surface area (Å²) in [6.07, 6.45) is 7.07. The standard InChI is InChI=1S/C19H16N2O/c1-15-5-2-3-6-16(15)9-12-19(22)17-7-10-18(11-8-17)21-14-4-13-20-21/h2-14H,1H3. The maximum Gasteiger partial charge on any atom is 0.185 e. The van der Waals surface area contributed by atoms with Gasteiger partial charge in [-0.3, -0.25) is 4.79 Å². The Morgan fingerprint density at radius 3 is 2.50 bits per heavy atom. The highest BCUT2D eigenvalue weighted by Crippen LogP contribution is 2.12. The molecule has 3 aromatic rings. The van der Waals surface area contributed by atoms with Crippen LogP contribution in [0, 0.1) is 6.92 Å². The molecule has 0 bridgehead atoms. The highest BCUT2D eigenvalue weighted by atomic mass is 16.1. The maximum atomic E-state index is 12.2. The van der Waals surface area contributed by atoms with Gasteiger partial charge in [0.05, 0.1) is 5.69 Å². The van der Waals surface area contributed by atoms with Crippen LogP contribution in [-0.4, -0.2) is 15.6 Å². The first-order valence-electron chi connectivity index (χ1n) is 7.12. The molecule has 0 unspecified atom stereocenters. The van der Waals surface area contributed by atoms with Gasteiger partial charge < -0.3 is 0 Å². The monoisotopic (exact) mass is 288 g/mol. The number of hydrogen-bond acceptors (Lipinski definition) is 2. The van der Waals surface area contributed by atoms with E-state index in [2.05, 4.69) is 5.10 Å². The van der Waals surface area contributed by atoms with Crippen molar-refractivity contribution >= 4 is 11.9 Å². The summed E-state index contributed by atoms with van der Waals surface area (Å²) in [6, 6.07) is 17.3. The molecule has 3 rings (SSSR count). The molecule has 3 heteroatoms. The third kappa shape index (κ3) is 3.04. The van der Waals surface area contributed by atoms with Crippen LogP contribution in [0.25, 0.3) is 11.8 Å². The third-order valence-electron chi connectivity index (χ3n) is 3.52. The van der Waals surface area contributed by atoms with E-state index in [-0.39, 0.29) is 5.78 Å². The Morgan fingerprint density at radius 2 is 1.82 bits per heavy atom. The molecule has 0 aliphatic heterocycles. The number of aryl methyl sites for hydroxylation is 1. The lowest BCUT2D eigenvalue weighted by Crippen LogP contribution is -1.97. The van der Waals surface area contributed by atoms with Crippen molar-refractivity contribution in [1.29, 1.82) is 0 Å². The van der Waals surface area contributed by atoms with Gasteiger partial charge in [-0.25, -0.2) is 4.68 Å². The van der Waals surface area contributed by atoms with Crippen molar-refractivity contribution in [2.45, 2.75) is 6.92 Å². The fourth-order valence-electron chi connectivity index (χ4n) is 2.24. The normalized spacial score (nSPS) is 11.0. The van der Waals surface area contributed by atoms with Crippen molar-refractivity contribution in [3.63, 3.8) is 0 Å². The zero-order valence-electron chi connectivity index (χ0n) is 12.3. The number of allylic oxidation sites excluding steroid dienone is 1. The molecule has 0 aliphatic carbocycles. The Hall–Kier alpha value is -2.94. The predicted molar refractivity (Wildman–Crippen MR) is 88.1 cm³/mol. The van der Waals surface area contributed by atoms with Crippen LogP contribution in [0.1, 0.15) is 21.5 Å². The molecule has 108 valence electrons. The van der Waals surface area contributed by atoms with E-state index in [0.717, 1.165) is 16.8 Å². The summed E-state index contributed by atoms with van der Waals surface area (Å²) < 4.78 is 1.76. The molecule has 0 saturated heterocycles. The first kappa shape index (κ1) is 14.0. The maximum absolute atomic E-state index is 12.2. The third-order valence-corrected chi connectivity index (χ3v) is 3.52. The number of nitrogens with zero attached hydrogens (tertiary/aromatic N) is 2. The second kappa shape index (κ2) is 6.22. The summed E-state index contributed by atoms with van der Waals surface area (Å²) in [6.45, 7) is 2.03. The summed E-state index contributed by atoms with van der Waals surface area (Å²) in [4.78, 5) is 12.2. The molecular formula is C19H16N2O. The van der Waals surface area contributed by atoms with Crippen molar-refractivity contribution < 1.29 is 4.79 Å². The predicted octanol–water partition coefficient (Wildman–Crippen LogP) is 4.08. The highest BCUT2D eigenvalue weighted by Gasteiger charge is 2.03. The largest absolute Gasteiger partial charge is 0.289 e. The minimum atomic E-state index is -0.00438. The zero-order valence-corrected chi connectivity index (χ0v) is 12.3. The number of ketones is 1.